The SMILES string of the molecule is COc1ccc(/C=C/c2cc(C)c(O)c(F)c2)cc1. The highest BCUT2D eigenvalue weighted by molar-refractivity contribution is 5.70. The molecule has 2 aromatic carbocycles. The lowest BCUT2D eigenvalue weighted by Crippen LogP contribution is -1.84. The molecule has 0 aliphatic carbocycles. The fraction of sp³-hybridized carbons (Fsp3) is 0.125. The highest BCUT2D eigenvalue weighted by Crippen LogP contribution is 2.23. The number of rotatable bonds is 3. The Hall–Kier alpha value is -2.29. The van der Waals surface area contributed by atoms with Crippen molar-refractivity contribution in [1.82, 2.24) is 0 Å². The zero-order valence-electron chi connectivity index (χ0n) is 10.9. The summed E-state index contributed by atoms with van der Waals surface area (Å²) in [6.45, 7) is 1.67. The number of aromatic hydroxyl groups is 1. The Kier molecular flexibility index (Phi) is 3.85. The van der Waals surface area contributed by atoms with Gasteiger partial charge in [0.25, 0.3) is 0 Å². The van der Waals surface area contributed by atoms with Crippen LogP contribution in [0.3, 0.4) is 0 Å². The first kappa shape index (κ1) is 13.1. The molecule has 0 saturated heterocycles. The van der Waals surface area contributed by atoms with Crippen LogP contribution in [0, 0.1) is 12.7 Å². The van der Waals surface area contributed by atoms with Crippen molar-refractivity contribution in [2.24, 2.45) is 0 Å². The maximum atomic E-state index is 13.4. The molecule has 1 N–H and O–H groups in total. The molecule has 19 heavy (non-hydrogen) atoms. The summed E-state index contributed by atoms with van der Waals surface area (Å²) in [4.78, 5) is 0. The van der Waals surface area contributed by atoms with Crippen LogP contribution in [0.2, 0.25) is 0 Å². The monoisotopic (exact) mass is 258 g/mol. The van der Waals surface area contributed by atoms with Gasteiger partial charge in [0.15, 0.2) is 11.6 Å². The minimum Gasteiger partial charge on any atom is -0.505 e. The average molecular weight is 258 g/mol. The molecule has 0 spiro atoms. The first-order valence-electron chi connectivity index (χ1n) is 5.91. The van der Waals surface area contributed by atoms with Gasteiger partial charge in [-0.25, -0.2) is 4.39 Å². The lowest BCUT2D eigenvalue weighted by Gasteiger charge is -2.02. The van der Waals surface area contributed by atoms with Gasteiger partial charge in [-0.2, -0.15) is 0 Å². The largest absolute Gasteiger partial charge is 0.505 e. The first-order valence-corrected chi connectivity index (χ1v) is 5.91. The van der Waals surface area contributed by atoms with Crippen LogP contribution in [-0.4, -0.2) is 12.2 Å². The van der Waals surface area contributed by atoms with Crippen molar-refractivity contribution < 1.29 is 14.2 Å². The lowest BCUT2D eigenvalue weighted by atomic mass is 10.1. The Labute approximate surface area is 111 Å². The zero-order chi connectivity index (χ0) is 13.8. The van der Waals surface area contributed by atoms with E-state index in [0.717, 1.165) is 11.3 Å². The van der Waals surface area contributed by atoms with Crippen molar-refractivity contribution in [3.8, 4) is 11.5 Å². The van der Waals surface area contributed by atoms with Crippen LogP contribution in [-0.2, 0) is 0 Å². The topological polar surface area (TPSA) is 29.5 Å². The molecular weight excluding hydrogens is 243 g/mol. The van der Waals surface area contributed by atoms with Gasteiger partial charge in [0.1, 0.15) is 5.75 Å². The fourth-order valence-electron chi connectivity index (χ4n) is 1.77. The smallest absolute Gasteiger partial charge is 0.165 e. The highest BCUT2D eigenvalue weighted by atomic mass is 19.1. The van der Waals surface area contributed by atoms with Crippen molar-refractivity contribution in [3.63, 3.8) is 0 Å². The molecule has 0 bridgehead atoms. The summed E-state index contributed by atoms with van der Waals surface area (Å²) in [7, 11) is 1.62. The van der Waals surface area contributed by atoms with Crippen LogP contribution in [0.4, 0.5) is 4.39 Å². The predicted molar refractivity (Wildman–Crippen MR) is 74.7 cm³/mol. The Morgan fingerprint density at radius 3 is 2.26 bits per heavy atom. The second kappa shape index (κ2) is 5.57. The van der Waals surface area contributed by atoms with E-state index in [1.54, 1.807) is 26.2 Å². The molecule has 0 aliphatic rings. The van der Waals surface area contributed by atoms with E-state index in [1.807, 2.05) is 30.3 Å². The van der Waals surface area contributed by atoms with Gasteiger partial charge >= 0.3 is 0 Å². The molecule has 0 aliphatic heterocycles. The lowest BCUT2D eigenvalue weighted by molar-refractivity contribution is 0.415. The zero-order valence-corrected chi connectivity index (χ0v) is 10.9. The minimum atomic E-state index is -0.602. The van der Waals surface area contributed by atoms with Crippen LogP contribution >= 0.6 is 0 Å². The Morgan fingerprint density at radius 2 is 1.68 bits per heavy atom. The van der Waals surface area contributed by atoms with E-state index in [4.69, 9.17) is 4.74 Å². The van der Waals surface area contributed by atoms with Crippen molar-refractivity contribution in [2.45, 2.75) is 6.92 Å². The van der Waals surface area contributed by atoms with Crippen LogP contribution in [0.1, 0.15) is 16.7 Å². The van der Waals surface area contributed by atoms with E-state index in [9.17, 15) is 9.50 Å². The summed E-state index contributed by atoms with van der Waals surface area (Å²) in [5, 5.41) is 9.36. The number of benzene rings is 2. The minimum absolute atomic E-state index is 0.290. The Morgan fingerprint density at radius 1 is 1.05 bits per heavy atom. The van der Waals surface area contributed by atoms with E-state index >= 15 is 0 Å². The molecule has 98 valence electrons. The number of halogens is 1. The maximum Gasteiger partial charge on any atom is 0.165 e. The molecule has 3 heteroatoms. The van der Waals surface area contributed by atoms with Gasteiger partial charge < -0.3 is 9.84 Å². The van der Waals surface area contributed by atoms with Crippen LogP contribution in [0.25, 0.3) is 12.2 Å². The first-order chi connectivity index (χ1) is 9.10. The molecule has 0 fully saturated rings. The average Bonchev–Trinajstić information content (AvgIpc) is 2.43. The second-order valence-corrected chi connectivity index (χ2v) is 4.27. The normalized spacial score (nSPS) is 10.9. The van der Waals surface area contributed by atoms with E-state index in [2.05, 4.69) is 0 Å². The molecule has 0 amide bonds. The summed E-state index contributed by atoms with van der Waals surface area (Å²) < 4.78 is 18.4. The number of ether oxygens (including phenoxy) is 1. The van der Waals surface area contributed by atoms with Crippen LogP contribution in [0.15, 0.2) is 36.4 Å². The van der Waals surface area contributed by atoms with E-state index in [-0.39, 0.29) is 5.75 Å². The quantitative estimate of drug-likeness (QED) is 0.842. The number of hydrogen-bond donors (Lipinski definition) is 1. The summed E-state index contributed by atoms with van der Waals surface area (Å²) in [6.07, 6.45) is 3.68. The third kappa shape index (κ3) is 3.13. The fourth-order valence-corrected chi connectivity index (χ4v) is 1.77. The molecule has 2 aromatic rings. The number of hydrogen-bond acceptors (Lipinski definition) is 2. The predicted octanol–water partition coefficient (Wildman–Crippen LogP) is 4.02. The van der Waals surface area contributed by atoms with Gasteiger partial charge in [0.05, 0.1) is 7.11 Å². The summed E-state index contributed by atoms with van der Waals surface area (Å²) >= 11 is 0. The van der Waals surface area contributed by atoms with Crippen molar-refractivity contribution >= 4 is 12.2 Å². The van der Waals surface area contributed by atoms with Gasteiger partial charge in [-0.15, -0.1) is 0 Å². The number of methoxy groups -OCH3 is 1. The van der Waals surface area contributed by atoms with Gasteiger partial charge in [-0.3, -0.25) is 0 Å². The third-order valence-corrected chi connectivity index (χ3v) is 2.86. The summed E-state index contributed by atoms with van der Waals surface area (Å²) in [6, 6.07) is 10.6. The van der Waals surface area contributed by atoms with Gasteiger partial charge in [-0.1, -0.05) is 24.3 Å². The standard InChI is InChI=1S/C16H15FO2/c1-11-9-13(10-15(17)16(11)18)4-3-12-5-7-14(19-2)8-6-12/h3-10,18H,1-2H3/b4-3+. The van der Waals surface area contributed by atoms with Gasteiger partial charge in [0, 0.05) is 0 Å². The second-order valence-electron chi connectivity index (χ2n) is 4.27. The molecule has 0 radical (unpaired) electrons. The molecule has 2 nitrogen and oxygen atoms in total. The molecule has 0 atom stereocenters. The van der Waals surface area contributed by atoms with Crippen molar-refractivity contribution in [1.29, 1.82) is 0 Å². The maximum absolute atomic E-state index is 13.4. The molecule has 2 rings (SSSR count). The Bertz CT molecular complexity index is 578. The van der Waals surface area contributed by atoms with E-state index in [0.29, 0.717) is 11.1 Å². The summed E-state index contributed by atoms with van der Waals surface area (Å²) in [5.41, 5.74) is 2.23. The number of phenols is 1. The number of phenolic OH excluding ortho intramolecular Hbond substituents is 1. The molecule has 0 aromatic heterocycles. The van der Waals surface area contributed by atoms with Gasteiger partial charge in [-0.05, 0) is 47.9 Å². The van der Waals surface area contributed by atoms with E-state index < -0.39 is 5.82 Å². The summed E-state index contributed by atoms with van der Waals surface area (Å²) in [5.74, 6) is -0.0975. The van der Waals surface area contributed by atoms with Gasteiger partial charge in [0.2, 0.25) is 0 Å². The molecule has 0 heterocycles. The van der Waals surface area contributed by atoms with Crippen molar-refractivity contribution in [3.05, 3.63) is 58.9 Å². The van der Waals surface area contributed by atoms with Crippen LogP contribution < -0.4 is 4.74 Å². The third-order valence-electron chi connectivity index (χ3n) is 2.86. The van der Waals surface area contributed by atoms with Crippen molar-refractivity contribution in [2.75, 3.05) is 7.11 Å². The molecular formula is C16H15FO2. The van der Waals surface area contributed by atoms with E-state index in [1.165, 1.54) is 6.07 Å². The molecule has 0 unspecified atom stereocenters. The number of aryl methyl sites for hydroxylation is 1. The highest BCUT2D eigenvalue weighted by Gasteiger charge is 2.04. The van der Waals surface area contributed by atoms with Crippen LogP contribution in [0.5, 0.6) is 11.5 Å². The molecule has 0 saturated carbocycles. The Balaban J connectivity index is 2.22.